The first kappa shape index (κ1) is 20.3. The average Bonchev–Trinajstić information content (AvgIpc) is 2.54. The molecule has 1 rings (SSSR count). The summed E-state index contributed by atoms with van der Waals surface area (Å²) in [6.45, 7) is 4.16. The summed E-state index contributed by atoms with van der Waals surface area (Å²) in [6.07, 6.45) is 0.838. The number of thioether (sulfide) groups is 1. The highest BCUT2D eigenvalue weighted by Crippen LogP contribution is 2.13. The zero-order valence-corrected chi connectivity index (χ0v) is 15.3. The van der Waals surface area contributed by atoms with Gasteiger partial charge < -0.3 is 16.0 Å². The number of anilines is 1. The van der Waals surface area contributed by atoms with Crippen LogP contribution in [0, 0.1) is 0 Å². The Labute approximate surface area is 151 Å². The van der Waals surface area contributed by atoms with E-state index >= 15 is 0 Å². The highest BCUT2D eigenvalue weighted by molar-refractivity contribution is 8.00. The molecule has 0 spiro atoms. The first-order valence-electron chi connectivity index (χ1n) is 7.62. The van der Waals surface area contributed by atoms with Crippen LogP contribution in [0.5, 0.6) is 0 Å². The zero-order chi connectivity index (χ0) is 17.9. The summed E-state index contributed by atoms with van der Waals surface area (Å²) in [5.74, 6) is -0.440. The van der Waals surface area contributed by atoms with Gasteiger partial charge in [-0.2, -0.15) is 0 Å². The summed E-state index contributed by atoms with van der Waals surface area (Å²) >= 11 is 6.95. The lowest BCUT2D eigenvalue weighted by atomic mass is 10.3. The van der Waals surface area contributed by atoms with Crippen molar-refractivity contribution in [3.8, 4) is 0 Å². The maximum atomic E-state index is 11.8. The predicted molar refractivity (Wildman–Crippen MR) is 98.3 cm³/mol. The van der Waals surface area contributed by atoms with E-state index in [2.05, 4.69) is 16.0 Å². The van der Waals surface area contributed by atoms with Crippen LogP contribution in [0.25, 0.3) is 0 Å². The van der Waals surface area contributed by atoms with Crippen molar-refractivity contribution < 1.29 is 14.4 Å². The molecule has 24 heavy (non-hydrogen) atoms. The minimum atomic E-state index is -0.590. The number of carbonyl (C=O) groups excluding carboxylic acids is 3. The predicted octanol–water partition coefficient (Wildman–Crippen LogP) is 2.04. The van der Waals surface area contributed by atoms with E-state index < -0.39 is 6.04 Å². The number of nitrogens with one attached hydrogen (secondary N) is 3. The van der Waals surface area contributed by atoms with Gasteiger partial charge in [0.1, 0.15) is 6.04 Å². The van der Waals surface area contributed by atoms with E-state index in [4.69, 9.17) is 11.6 Å². The Hall–Kier alpha value is -1.73. The van der Waals surface area contributed by atoms with E-state index in [-0.39, 0.29) is 29.2 Å². The van der Waals surface area contributed by atoms with Crippen LogP contribution in [0.3, 0.4) is 0 Å². The summed E-state index contributed by atoms with van der Waals surface area (Å²) in [6, 6.07) is 6.18. The fourth-order valence-corrected chi connectivity index (χ4v) is 2.47. The van der Waals surface area contributed by atoms with Gasteiger partial charge in [-0.3, -0.25) is 14.4 Å². The Bertz CT molecular complexity index is 566. The van der Waals surface area contributed by atoms with E-state index in [0.29, 0.717) is 17.3 Å². The maximum Gasteiger partial charge on any atom is 0.242 e. The van der Waals surface area contributed by atoms with Crippen molar-refractivity contribution in [3.05, 3.63) is 29.3 Å². The van der Waals surface area contributed by atoms with Crippen molar-refractivity contribution in [1.82, 2.24) is 10.6 Å². The lowest BCUT2D eigenvalue weighted by molar-refractivity contribution is -0.127. The third kappa shape index (κ3) is 8.21. The highest BCUT2D eigenvalue weighted by atomic mass is 35.5. The van der Waals surface area contributed by atoms with Gasteiger partial charge in [0.2, 0.25) is 17.7 Å². The van der Waals surface area contributed by atoms with Crippen molar-refractivity contribution >= 4 is 46.8 Å². The van der Waals surface area contributed by atoms with E-state index in [1.54, 1.807) is 31.2 Å². The number of benzene rings is 1. The van der Waals surface area contributed by atoms with Crippen LogP contribution in [0.1, 0.15) is 20.3 Å². The molecule has 8 heteroatoms. The van der Waals surface area contributed by atoms with Crippen molar-refractivity contribution in [1.29, 1.82) is 0 Å². The van der Waals surface area contributed by atoms with Crippen LogP contribution < -0.4 is 16.0 Å². The largest absolute Gasteiger partial charge is 0.354 e. The second-order valence-electron chi connectivity index (χ2n) is 5.13. The molecule has 0 aliphatic rings. The van der Waals surface area contributed by atoms with Crippen LogP contribution >= 0.6 is 23.4 Å². The summed E-state index contributed by atoms with van der Waals surface area (Å²) < 4.78 is 0. The zero-order valence-electron chi connectivity index (χ0n) is 13.7. The molecule has 0 unspecified atom stereocenters. The monoisotopic (exact) mass is 371 g/mol. The average molecular weight is 372 g/mol. The van der Waals surface area contributed by atoms with Crippen molar-refractivity contribution in [2.24, 2.45) is 0 Å². The van der Waals surface area contributed by atoms with E-state index in [1.165, 1.54) is 11.8 Å². The first-order valence-corrected chi connectivity index (χ1v) is 9.16. The Kier molecular flexibility index (Phi) is 9.26. The second-order valence-corrected chi connectivity index (χ2v) is 6.55. The molecule has 1 atom stereocenters. The molecule has 3 amide bonds. The Balaban J connectivity index is 2.23. The Morgan fingerprint density at radius 3 is 2.38 bits per heavy atom. The van der Waals surface area contributed by atoms with Crippen LogP contribution in [0.15, 0.2) is 24.3 Å². The van der Waals surface area contributed by atoms with Gasteiger partial charge in [0.05, 0.1) is 11.5 Å². The molecule has 0 aromatic heterocycles. The number of rotatable bonds is 9. The third-order valence-corrected chi connectivity index (χ3v) is 4.10. The number of hydrogen-bond acceptors (Lipinski definition) is 4. The molecule has 0 aliphatic heterocycles. The van der Waals surface area contributed by atoms with Crippen LogP contribution in [-0.4, -0.2) is 41.8 Å². The molecule has 132 valence electrons. The van der Waals surface area contributed by atoms with Crippen LogP contribution in [-0.2, 0) is 14.4 Å². The molecule has 0 radical (unpaired) electrons. The molecule has 0 heterocycles. The maximum absolute atomic E-state index is 11.8. The molecule has 1 aromatic carbocycles. The molecule has 3 N–H and O–H groups in total. The summed E-state index contributed by atoms with van der Waals surface area (Å²) in [5.41, 5.74) is 0.649. The summed E-state index contributed by atoms with van der Waals surface area (Å²) in [7, 11) is 0. The number of carbonyl (C=O) groups is 3. The second kappa shape index (κ2) is 10.9. The number of halogens is 1. The SMILES string of the molecule is CCCNC(=O)[C@@H](C)NC(=O)CSCC(=O)Nc1ccc(Cl)cc1. The van der Waals surface area contributed by atoms with Gasteiger partial charge >= 0.3 is 0 Å². The minimum absolute atomic E-state index is 0.111. The third-order valence-electron chi connectivity index (χ3n) is 2.91. The molecule has 0 saturated carbocycles. The Morgan fingerprint density at radius 1 is 1.12 bits per heavy atom. The summed E-state index contributed by atoms with van der Waals surface area (Å²) in [5, 5.41) is 8.61. The minimum Gasteiger partial charge on any atom is -0.354 e. The lowest BCUT2D eigenvalue weighted by Gasteiger charge is -2.13. The lowest BCUT2D eigenvalue weighted by Crippen LogP contribution is -2.45. The van der Waals surface area contributed by atoms with Crippen molar-refractivity contribution in [2.75, 3.05) is 23.4 Å². The van der Waals surface area contributed by atoms with E-state index in [9.17, 15) is 14.4 Å². The standard InChI is InChI=1S/C16H22ClN3O3S/c1-3-8-18-16(23)11(2)19-14(21)9-24-10-15(22)20-13-6-4-12(17)5-7-13/h4-7,11H,3,8-10H2,1-2H3,(H,18,23)(H,19,21)(H,20,22)/t11-/m1/s1. The van der Waals surface area contributed by atoms with E-state index in [0.717, 1.165) is 6.42 Å². The fraction of sp³-hybridized carbons (Fsp3) is 0.438. The molecule has 0 bridgehead atoms. The quantitative estimate of drug-likeness (QED) is 0.620. The van der Waals surface area contributed by atoms with Gasteiger partial charge in [0.15, 0.2) is 0 Å². The first-order chi connectivity index (χ1) is 11.4. The van der Waals surface area contributed by atoms with Crippen molar-refractivity contribution in [2.45, 2.75) is 26.3 Å². The highest BCUT2D eigenvalue weighted by Gasteiger charge is 2.15. The molecule has 0 fully saturated rings. The van der Waals surface area contributed by atoms with Crippen molar-refractivity contribution in [3.63, 3.8) is 0 Å². The van der Waals surface area contributed by atoms with Gasteiger partial charge in [0, 0.05) is 17.3 Å². The van der Waals surface area contributed by atoms with Gasteiger partial charge in [-0.15, -0.1) is 11.8 Å². The normalized spacial score (nSPS) is 11.5. The number of hydrogen-bond donors (Lipinski definition) is 3. The van der Waals surface area contributed by atoms with Gasteiger partial charge in [-0.25, -0.2) is 0 Å². The van der Waals surface area contributed by atoms with Gasteiger partial charge in [0.25, 0.3) is 0 Å². The van der Waals surface area contributed by atoms with E-state index in [1.807, 2.05) is 6.92 Å². The summed E-state index contributed by atoms with van der Waals surface area (Å²) in [4.78, 5) is 35.2. The molecular weight excluding hydrogens is 350 g/mol. The molecule has 0 saturated heterocycles. The molecule has 0 aliphatic carbocycles. The molecular formula is C16H22ClN3O3S. The van der Waals surface area contributed by atoms with Crippen LogP contribution in [0.2, 0.25) is 5.02 Å². The smallest absolute Gasteiger partial charge is 0.242 e. The topological polar surface area (TPSA) is 87.3 Å². The fourth-order valence-electron chi connectivity index (χ4n) is 1.72. The Morgan fingerprint density at radius 2 is 1.75 bits per heavy atom. The van der Waals surface area contributed by atoms with Crippen LogP contribution in [0.4, 0.5) is 5.69 Å². The van der Waals surface area contributed by atoms with Gasteiger partial charge in [-0.1, -0.05) is 18.5 Å². The molecule has 1 aromatic rings. The van der Waals surface area contributed by atoms with Gasteiger partial charge in [-0.05, 0) is 37.6 Å². The number of amides is 3. The molecule has 6 nitrogen and oxygen atoms in total.